The highest BCUT2D eigenvalue weighted by Crippen LogP contribution is 2.38. The number of thiazole rings is 1. The molecule has 1 saturated heterocycles. The molecule has 4 aromatic rings. The maximum Gasteiger partial charge on any atom is 0.280 e. The zero-order chi connectivity index (χ0) is 28.6. The van der Waals surface area contributed by atoms with E-state index in [1.807, 2.05) is 24.5 Å². The lowest BCUT2D eigenvalue weighted by Gasteiger charge is -2.34. The fraction of sp³-hybridized carbons (Fsp3) is 0.516. The molecule has 2 atom stereocenters. The average Bonchev–Trinajstić information content (AvgIpc) is 3.64. The first kappa shape index (κ1) is 27.9. The highest BCUT2D eigenvalue weighted by atomic mass is 32.1. The van der Waals surface area contributed by atoms with Crippen LogP contribution in [-0.2, 0) is 12.8 Å². The predicted molar refractivity (Wildman–Crippen MR) is 161 cm³/mol. The van der Waals surface area contributed by atoms with Crippen molar-refractivity contribution in [3.8, 4) is 11.3 Å². The number of H-pyrrole nitrogens is 1. The smallest absolute Gasteiger partial charge is 0.280 e. The number of carbonyl (C=O) groups excluding carboxylic acids is 1. The van der Waals surface area contributed by atoms with Gasteiger partial charge in [-0.3, -0.25) is 14.9 Å². The van der Waals surface area contributed by atoms with Crippen LogP contribution in [0.1, 0.15) is 79.1 Å². The van der Waals surface area contributed by atoms with Crippen LogP contribution in [0, 0.1) is 11.3 Å². The fourth-order valence-electron chi connectivity index (χ4n) is 6.02. The van der Waals surface area contributed by atoms with E-state index in [1.165, 1.54) is 16.9 Å². The summed E-state index contributed by atoms with van der Waals surface area (Å²) in [5, 5.41) is 20.4. The summed E-state index contributed by atoms with van der Waals surface area (Å²) in [5.41, 5.74) is 6.19. The molecule has 6 rings (SSSR count). The van der Waals surface area contributed by atoms with Gasteiger partial charge in [0.05, 0.1) is 24.0 Å². The molecule has 0 bridgehead atoms. The number of piperidine rings is 1. The lowest BCUT2D eigenvalue weighted by atomic mass is 9.71. The number of aromatic nitrogens is 5. The van der Waals surface area contributed by atoms with Gasteiger partial charge in [0.25, 0.3) is 5.91 Å². The van der Waals surface area contributed by atoms with Gasteiger partial charge in [0.1, 0.15) is 10.3 Å². The first-order chi connectivity index (χ1) is 19.7. The van der Waals surface area contributed by atoms with Crippen molar-refractivity contribution in [3.05, 3.63) is 58.6 Å². The molecule has 41 heavy (non-hydrogen) atoms. The van der Waals surface area contributed by atoms with Crippen LogP contribution in [0.25, 0.3) is 21.6 Å². The average molecular weight is 574 g/mol. The first-order valence-corrected chi connectivity index (χ1v) is 15.5. The van der Waals surface area contributed by atoms with Gasteiger partial charge in [-0.1, -0.05) is 38.2 Å². The zero-order valence-electron chi connectivity index (χ0n) is 24.1. The van der Waals surface area contributed by atoms with E-state index in [0.29, 0.717) is 10.9 Å². The molecule has 5 heterocycles. The first-order valence-electron chi connectivity index (χ1n) is 14.7. The Hall–Kier alpha value is -3.21. The number of nitrogens with zero attached hydrogens (tertiary/aromatic N) is 5. The molecule has 10 heteroatoms. The van der Waals surface area contributed by atoms with E-state index in [0.717, 1.165) is 91.0 Å². The zero-order valence-corrected chi connectivity index (χ0v) is 24.9. The van der Waals surface area contributed by atoms with Gasteiger partial charge in [0.15, 0.2) is 5.01 Å². The number of hydrogen-bond donors (Lipinski definition) is 3. The molecule has 3 N–H and O–H groups in total. The second kappa shape index (κ2) is 11.6. The Kier molecular flexibility index (Phi) is 7.89. The van der Waals surface area contributed by atoms with Gasteiger partial charge in [-0.05, 0) is 73.1 Å². The Balaban J connectivity index is 1.21. The number of carbonyl (C=O) groups is 1. The minimum absolute atomic E-state index is 0.184. The molecule has 0 unspecified atom stereocenters. The normalized spacial score (nSPS) is 19.3. The Labute approximate surface area is 244 Å². The van der Waals surface area contributed by atoms with Crippen molar-refractivity contribution in [2.75, 3.05) is 19.6 Å². The largest absolute Gasteiger partial charge is 0.393 e. The highest BCUT2D eigenvalue weighted by Gasteiger charge is 2.30. The lowest BCUT2D eigenvalue weighted by Crippen LogP contribution is -2.38. The predicted octanol–water partition coefficient (Wildman–Crippen LogP) is 4.95. The van der Waals surface area contributed by atoms with Crippen LogP contribution >= 0.6 is 11.3 Å². The van der Waals surface area contributed by atoms with Crippen LogP contribution in [0.15, 0.2) is 36.8 Å². The summed E-state index contributed by atoms with van der Waals surface area (Å²) in [5.74, 6) is 0.435. The van der Waals surface area contributed by atoms with Crippen molar-refractivity contribution < 1.29 is 9.90 Å². The van der Waals surface area contributed by atoms with Crippen molar-refractivity contribution in [2.45, 2.75) is 71.4 Å². The second-order valence-electron chi connectivity index (χ2n) is 12.6. The molecular weight excluding hydrogens is 534 g/mol. The maximum absolute atomic E-state index is 13.6. The third-order valence-electron chi connectivity index (χ3n) is 8.75. The number of rotatable bonds is 7. The summed E-state index contributed by atoms with van der Waals surface area (Å²) in [6.45, 7) is 9.49. The molecule has 216 valence electrons. The summed E-state index contributed by atoms with van der Waals surface area (Å²) in [7, 11) is 0. The second-order valence-corrected chi connectivity index (χ2v) is 13.6. The number of nitrogens with one attached hydrogen (secondary N) is 2. The van der Waals surface area contributed by atoms with E-state index in [9.17, 15) is 9.90 Å². The molecule has 4 aromatic heterocycles. The van der Waals surface area contributed by atoms with Crippen molar-refractivity contribution in [3.63, 3.8) is 0 Å². The molecule has 0 aromatic carbocycles. The standard InChI is InChI=1S/C31H39N7O2S/c1-31(2,3)22-5-7-25-20(14-22)15-27-29(36-25)41-30(37-27)28(40)35-26(10-13-38-11-8-23(39)9-12-38)19-4-6-24(32-16-19)21-17-33-34-18-21/h4,6,15-18,22-23,26,39H,5,7-14H2,1-3H3,(H,33,34)(H,35,40)/t22-,26+/m0/s1. The van der Waals surface area contributed by atoms with E-state index in [1.54, 1.807) is 6.20 Å². The van der Waals surface area contributed by atoms with Crippen molar-refractivity contribution >= 4 is 27.6 Å². The van der Waals surface area contributed by atoms with Crippen LogP contribution in [0.2, 0.25) is 0 Å². The molecule has 1 aliphatic heterocycles. The van der Waals surface area contributed by atoms with Crippen LogP contribution in [0.3, 0.4) is 0 Å². The number of likely N-dealkylation sites (tertiary alicyclic amines) is 1. The topological polar surface area (TPSA) is 120 Å². The van der Waals surface area contributed by atoms with E-state index in [2.05, 4.69) is 52.2 Å². The quantitative estimate of drug-likeness (QED) is 0.286. The molecule has 0 spiro atoms. The van der Waals surface area contributed by atoms with Gasteiger partial charge in [0, 0.05) is 43.3 Å². The van der Waals surface area contributed by atoms with E-state index >= 15 is 0 Å². The molecule has 0 radical (unpaired) electrons. The number of hydrogen-bond acceptors (Lipinski definition) is 8. The van der Waals surface area contributed by atoms with Crippen LogP contribution in [-0.4, -0.2) is 66.8 Å². The van der Waals surface area contributed by atoms with Crippen molar-refractivity contribution in [1.29, 1.82) is 0 Å². The number of aliphatic hydroxyl groups is 1. The van der Waals surface area contributed by atoms with Gasteiger partial charge < -0.3 is 15.3 Å². The summed E-state index contributed by atoms with van der Waals surface area (Å²) in [6.07, 6.45) is 10.6. The third-order valence-corrected chi connectivity index (χ3v) is 9.71. The fourth-order valence-corrected chi connectivity index (χ4v) is 6.86. The minimum Gasteiger partial charge on any atom is -0.393 e. The Bertz CT molecular complexity index is 1490. The Morgan fingerprint density at radius 2 is 2.02 bits per heavy atom. The van der Waals surface area contributed by atoms with E-state index in [-0.39, 0.29) is 23.5 Å². The van der Waals surface area contributed by atoms with Crippen LogP contribution in [0.5, 0.6) is 0 Å². The number of aliphatic hydroxyl groups excluding tert-OH is 1. The summed E-state index contributed by atoms with van der Waals surface area (Å²) in [4.78, 5) is 31.1. The highest BCUT2D eigenvalue weighted by molar-refractivity contribution is 7.19. The summed E-state index contributed by atoms with van der Waals surface area (Å²) < 4.78 is 0. The molecule has 0 saturated carbocycles. The number of aryl methyl sites for hydroxylation is 1. The van der Waals surface area contributed by atoms with Gasteiger partial charge in [-0.2, -0.15) is 5.10 Å². The van der Waals surface area contributed by atoms with Crippen molar-refractivity contribution in [2.24, 2.45) is 11.3 Å². The molecular formula is C31H39N7O2S. The van der Waals surface area contributed by atoms with Gasteiger partial charge in [-0.25, -0.2) is 9.97 Å². The molecule has 2 aliphatic rings. The monoisotopic (exact) mass is 573 g/mol. The summed E-state index contributed by atoms with van der Waals surface area (Å²) in [6, 6.07) is 5.93. The molecule has 1 aliphatic carbocycles. The number of pyridine rings is 2. The number of aromatic amines is 1. The van der Waals surface area contributed by atoms with Gasteiger partial charge in [0.2, 0.25) is 0 Å². The third kappa shape index (κ3) is 6.34. The van der Waals surface area contributed by atoms with E-state index < -0.39 is 0 Å². The lowest BCUT2D eigenvalue weighted by molar-refractivity contribution is 0.0795. The Morgan fingerprint density at radius 3 is 2.73 bits per heavy atom. The number of amides is 1. The Morgan fingerprint density at radius 1 is 1.20 bits per heavy atom. The molecule has 1 fully saturated rings. The maximum atomic E-state index is 13.6. The van der Waals surface area contributed by atoms with Gasteiger partial charge >= 0.3 is 0 Å². The SMILES string of the molecule is CC(C)(C)[C@H]1CCc2nc3sc(C(=O)N[C@H](CCN4CCC(O)CC4)c4ccc(-c5cn[nH]c5)nc4)nc3cc2C1. The van der Waals surface area contributed by atoms with Gasteiger partial charge in [-0.15, -0.1) is 0 Å². The van der Waals surface area contributed by atoms with Crippen molar-refractivity contribution in [1.82, 2.24) is 35.4 Å². The summed E-state index contributed by atoms with van der Waals surface area (Å²) >= 11 is 1.37. The molecule has 9 nitrogen and oxygen atoms in total. The number of fused-ring (bicyclic) bond motifs is 2. The van der Waals surface area contributed by atoms with Crippen LogP contribution < -0.4 is 5.32 Å². The van der Waals surface area contributed by atoms with E-state index in [4.69, 9.17) is 9.97 Å². The van der Waals surface area contributed by atoms with Crippen LogP contribution in [0.4, 0.5) is 0 Å². The molecule has 1 amide bonds. The minimum atomic E-state index is -0.221.